The summed E-state index contributed by atoms with van der Waals surface area (Å²) in [5.41, 5.74) is 5.23. The van der Waals surface area contributed by atoms with E-state index in [4.69, 9.17) is 15.2 Å². The van der Waals surface area contributed by atoms with Crippen molar-refractivity contribution in [3.8, 4) is 11.5 Å². The van der Waals surface area contributed by atoms with Crippen LogP contribution in [0.2, 0.25) is 0 Å². The van der Waals surface area contributed by atoms with Crippen LogP contribution in [0, 0.1) is 5.92 Å². The minimum absolute atomic E-state index is 0.0928. The topological polar surface area (TPSA) is 90.7 Å². The van der Waals surface area contributed by atoms with Crippen LogP contribution < -0.4 is 20.5 Å². The summed E-state index contributed by atoms with van der Waals surface area (Å²) in [7, 11) is 1.36. The fraction of sp³-hybridized carbons (Fsp3) is 0.529. The number of carbonyl (C=O) groups is 2. The molecule has 6 nitrogen and oxygen atoms in total. The van der Waals surface area contributed by atoms with Crippen LogP contribution in [0.15, 0.2) is 18.2 Å². The Balaban J connectivity index is 2.03. The van der Waals surface area contributed by atoms with Crippen LogP contribution >= 0.6 is 0 Å². The van der Waals surface area contributed by atoms with Gasteiger partial charge in [-0.25, -0.2) is 0 Å². The molecule has 3 N–H and O–H groups in total. The van der Waals surface area contributed by atoms with Crippen molar-refractivity contribution in [1.29, 1.82) is 0 Å². The number of hydrogen-bond acceptors (Lipinski definition) is 4. The molecule has 1 fully saturated rings. The van der Waals surface area contributed by atoms with Gasteiger partial charge in [0.2, 0.25) is 0 Å². The number of rotatable bonds is 6. The second-order valence-corrected chi connectivity index (χ2v) is 6.20. The maximum atomic E-state index is 12.9. The maximum absolute atomic E-state index is 12.9. The molecule has 1 aliphatic carbocycles. The highest BCUT2D eigenvalue weighted by atomic mass is 19.4. The number of methoxy groups -OCH3 is 1. The van der Waals surface area contributed by atoms with E-state index in [9.17, 15) is 22.8 Å². The summed E-state index contributed by atoms with van der Waals surface area (Å²) in [6, 6.07) is 3.75. The minimum atomic E-state index is -4.24. The van der Waals surface area contributed by atoms with E-state index in [1.54, 1.807) is 0 Å². The minimum Gasteiger partial charge on any atom is -0.493 e. The van der Waals surface area contributed by atoms with Gasteiger partial charge in [-0.15, -0.1) is 0 Å². The fourth-order valence-corrected chi connectivity index (χ4v) is 2.96. The first-order chi connectivity index (χ1) is 12.2. The van der Waals surface area contributed by atoms with Crippen LogP contribution in [0.3, 0.4) is 0 Å². The molecule has 1 aliphatic rings. The summed E-state index contributed by atoms with van der Waals surface area (Å²) in [5, 5.41) is 2.65. The summed E-state index contributed by atoms with van der Waals surface area (Å²) >= 11 is 0. The molecule has 0 saturated heterocycles. The van der Waals surface area contributed by atoms with Gasteiger partial charge in [-0.1, -0.05) is 6.42 Å². The standard InChI is InChI=1S/C17H21F3N2O4/c1-25-14-7-10(5-6-13(14)26-9-15(21)23)16(24)22-12-4-2-3-11(8-12)17(18,19)20/h5-7,11-12H,2-4,8-9H2,1H3,(H2,21,23)(H,22,24). The van der Waals surface area contributed by atoms with Crippen molar-refractivity contribution in [3.05, 3.63) is 23.8 Å². The van der Waals surface area contributed by atoms with E-state index in [1.165, 1.54) is 25.3 Å². The van der Waals surface area contributed by atoms with Crippen molar-refractivity contribution in [3.63, 3.8) is 0 Å². The number of amides is 2. The Hall–Kier alpha value is -2.45. The molecule has 0 spiro atoms. The molecule has 2 amide bonds. The Labute approximate surface area is 148 Å². The molecule has 0 radical (unpaired) electrons. The molecule has 2 unspecified atom stereocenters. The molecule has 1 aromatic carbocycles. The molecule has 26 heavy (non-hydrogen) atoms. The molecule has 2 rings (SSSR count). The first-order valence-corrected chi connectivity index (χ1v) is 8.17. The number of alkyl halides is 3. The lowest BCUT2D eigenvalue weighted by atomic mass is 9.85. The predicted octanol–water partition coefficient (Wildman–Crippen LogP) is 2.41. The zero-order valence-corrected chi connectivity index (χ0v) is 14.3. The van der Waals surface area contributed by atoms with Crippen LogP contribution in [-0.2, 0) is 4.79 Å². The van der Waals surface area contributed by atoms with Crippen LogP contribution in [0.1, 0.15) is 36.0 Å². The van der Waals surface area contributed by atoms with Crippen molar-refractivity contribution in [2.45, 2.75) is 37.9 Å². The highest BCUT2D eigenvalue weighted by molar-refractivity contribution is 5.95. The molecular formula is C17H21F3N2O4. The highest BCUT2D eigenvalue weighted by Crippen LogP contribution is 2.37. The summed E-state index contributed by atoms with van der Waals surface area (Å²) in [4.78, 5) is 23.1. The van der Waals surface area contributed by atoms with Crippen molar-refractivity contribution in [1.82, 2.24) is 5.32 Å². The molecule has 0 bridgehead atoms. The van der Waals surface area contributed by atoms with E-state index in [2.05, 4.69) is 5.32 Å². The summed E-state index contributed by atoms with van der Waals surface area (Å²) in [6.07, 6.45) is -3.35. The molecule has 9 heteroatoms. The zero-order valence-electron chi connectivity index (χ0n) is 14.3. The zero-order chi connectivity index (χ0) is 19.3. The van der Waals surface area contributed by atoms with Gasteiger partial charge in [-0.05, 0) is 37.5 Å². The number of benzene rings is 1. The third kappa shape index (κ3) is 5.27. The highest BCUT2D eigenvalue weighted by Gasteiger charge is 2.42. The van der Waals surface area contributed by atoms with E-state index >= 15 is 0 Å². The van der Waals surface area contributed by atoms with Gasteiger partial charge in [0.05, 0.1) is 13.0 Å². The number of nitrogens with one attached hydrogen (secondary N) is 1. The SMILES string of the molecule is COc1cc(C(=O)NC2CCCC(C(F)(F)F)C2)ccc1OCC(N)=O. The van der Waals surface area contributed by atoms with Crippen molar-refractivity contribution < 1.29 is 32.2 Å². The Morgan fingerprint density at radius 1 is 1.27 bits per heavy atom. The van der Waals surface area contributed by atoms with Crippen LogP contribution in [0.5, 0.6) is 11.5 Å². The number of hydrogen-bond donors (Lipinski definition) is 2. The molecule has 144 valence electrons. The van der Waals surface area contributed by atoms with Crippen molar-refractivity contribution in [2.75, 3.05) is 13.7 Å². The van der Waals surface area contributed by atoms with Crippen LogP contribution in [0.4, 0.5) is 13.2 Å². The van der Waals surface area contributed by atoms with E-state index < -0.39 is 30.0 Å². The number of primary amides is 1. The lowest BCUT2D eigenvalue weighted by Gasteiger charge is -2.31. The Morgan fingerprint density at radius 2 is 2.00 bits per heavy atom. The summed E-state index contributed by atoms with van der Waals surface area (Å²) < 4.78 is 48.9. The van der Waals surface area contributed by atoms with Gasteiger partial charge in [0.25, 0.3) is 11.8 Å². The number of ether oxygens (including phenoxy) is 2. The first kappa shape index (κ1) is 19.9. The Morgan fingerprint density at radius 3 is 2.62 bits per heavy atom. The third-order valence-corrected chi connectivity index (χ3v) is 4.27. The van der Waals surface area contributed by atoms with Gasteiger partial charge >= 0.3 is 6.18 Å². The Bertz CT molecular complexity index is 664. The summed E-state index contributed by atoms with van der Waals surface area (Å²) in [5.74, 6) is -2.09. The van der Waals surface area contributed by atoms with Gasteiger partial charge in [-0.2, -0.15) is 13.2 Å². The van der Waals surface area contributed by atoms with Crippen molar-refractivity contribution in [2.24, 2.45) is 11.7 Å². The van der Waals surface area contributed by atoms with Crippen LogP contribution in [-0.4, -0.2) is 37.7 Å². The second kappa shape index (κ2) is 8.29. The normalized spacial score (nSPS) is 20.3. The monoisotopic (exact) mass is 374 g/mol. The van der Waals surface area contributed by atoms with Crippen molar-refractivity contribution >= 4 is 11.8 Å². The fourth-order valence-electron chi connectivity index (χ4n) is 2.96. The average Bonchev–Trinajstić information content (AvgIpc) is 2.59. The molecule has 0 heterocycles. The van der Waals surface area contributed by atoms with E-state index in [-0.39, 0.29) is 36.5 Å². The smallest absolute Gasteiger partial charge is 0.391 e. The first-order valence-electron chi connectivity index (χ1n) is 8.17. The van der Waals surface area contributed by atoms with Crippen LogP contribution in [0.25, 0.3) is 0 Å². The van der Waals surface area contributed by atoms with Gasteiger partial charge in [0.1, 0.15) is 0 Å². The lowest BCUT2D eigenvalue weighted by molar-refractivity contribution is -0.183. The number of halogens is 3. The average molecular weight is 374 g/mol. The predicted molar refractivity (Wildman–Crippen MR) is 87.0 cm³/mol. The van der Waals surface area contributed by atoms with Gasteiger partial charge in [0, 0.05) is 11.6 Å². The van der Waals surface area contributed by atoms with Gasteiger partial charge in [-0.3, -0.25) is 9.59 Å². The second-order valence-electron chi connectivity index (χ2n) is 6.20. The third-order valence-electron chi connectivity index (χ3n) is 4.27. The van der Waals surface area contributed by atoms with E-state index in [1.807, 2.05) is 0 Å². The molecule has 1 aromatic rings. The maximum Gasteiger partial charge on any atom is 0.391 e. The molecule has 0 aromatic heterocycles. The van der Waals surface area contributed by atoms with E-state index in [0.29, 0.717) is 12.8 Å². The summed E-state index contributed by atoms with van der Waals surface area (Å²) in [6.45, 7) is -0.344. The van der Waals surface area contributed by atoms with E-state index in [0.717, 1.165) is 0 Å². The molecule has 2 atom stereocenters. The quantitative estimate of drug-likeness (QED) is 0.800. The number of carbonyl (C=O) groups excluding carboxylic acids is 2. The molecular weight excluding hydrogens is 353 g/mol. The Kier molecular flexibility index (Phi) is 6.33. The van der Waals surface area contributed by atoms with Gasteiger partial charge < -0.3 is 20.5 Å². The molecule has 0 aliphatic heterocycles. The largest absolute Gasteiger partial charge is 0.493 e. The number of nitrogens with two attached hydrogens (primary N) is 1. The lowest BCUT2D eigenvalue weighted by Crippen LogP contribution is -2.41. The molecule has 1 saturated carbocycles. The van der Waals surface area contributed by atoms with Gasteiger partial charge in [0.15, 0.2) is 18.1 Å².